The Bertz CT molecular complexity index is 594. The zero-order valence-electron chi connectivity index (χ0n) is 10.2. The van der Waals surface area contributed by atoms with E-state index in [0.717, 1.165) is 5.56 Å². The quantitative estimate of drug-likeness (QED) is 0.573. The summed E-state index contributed by atoms with van der Waals surface area (Å²) in [6, 6.07) is 11.6. The number of hydrogen-bond acceptors (Lipinski definition) is 4. The Balaban J connectivity index is 2.06. The summed E-state index contributed by atoms with van der Waals surface area (Å²) in [5, 5.41) is 9.44. The monoisotopic (exact) mass is 258 g/mol. The molecular weight excluding hydrogens is 244 g/mol. The fraction of sp³-hybridized carbons (Fsp3) is 0.0714. The number of nitrogens with two attached hydrogens (primary N) is 2. The van der Waals surface area contributed by atoms with E-state index >= 15 is 0 Å². The molecule has 0 aromatic heterocycles. The molecule has 0 spiro atoms. The van der Waals surface area contributed by atoms with Crippen molar-refractivity contribution in [1.82, 2.24) is 0 Å². The lowest BCUT2D eigenvalue weighted by molar-refractivity contribution is 0.1000. The van der Waals surface area contributed by atoms with E-state index in [1.807, 2.05) is 0 Å². The number of hydrogen-bond donors (Lipinski definition) is 3. The van der Waals surface area contributed by atoms with Crippen molar-refractivity contribution in [3.05, 3.63) is 53.6 Å². The maximum Gasteiger partial charge on any atom is 0.248 e. The maximum absolute atomic E-state index is 10.9. The number of phenolic OH excluding ortho intramolecular Hbond substituents is 1. The summed E-state index contributed by atoms with van der Waals surface area (Å²) in [6.45, 7) is 0.284. The number of rotatable bonds is 4. The number of amides is 1. The topological polar surface area (TPSA) is 98.6 Å². The summed E-state index contributed by atoms with van der Waals surface area (Å²) in [5.74, 6) is -0.0646. The fourth-order valence-electron chi connectivity index (χ4n) is 1.58. The van der Waals surface area contributed by atoms with E-state index in [-0.39, 0.29) is 18.0 Å². The number of carbonyl (C=O) groups excluding carboxylic acids is 1. The Morgan fingerprint density at radius 3 is 2.47 bits per heavy atom. The van der Waals surface area contributed by atoms with Crippen molar-refractivity contribution < 1.29 is 14.6 Å². The van der Waals surface area contributed by atoms with Gasteiger partial charge in [-0.05, 0) is 29.8 Å². The standard InChI is InChI=1S/C14H14N2O3/c15-13-11(17)2-1-3-12(13)19-8-9-4-6-10(7-5-9)14(16)18/h1-7,17H,8,15H2,(H2,16,18). The minimum atomic E-state index is -0.468. The SMILES string of the molecule is NC(=O)c1ccc(COc2cccc(O)c2N)cc1. The van der Waals surface area contributed by atoms with Crippen LogP contribution in [0, 0.1) is 0 Å². The number of carbonyl (C=O) groups is 1. The predicted octanol–water partition coefficient (Wildman–Crippen LogP) is 1.65. The first-order valence-electron chi connectivity index (χ1n) is 5.67. The molecule has 0 saturated heterocycles. The van der Waals surface area contributed by atoms with E-state index < -0.39 is 5.91 Å². The number of benzene rings is 2. The molecule has 98 valence electrons. The fourth-order valence-corrected chi connectivity index (χ4v) is 1.58. The molecule has 1 amide bonds. The third-order valence-corrected chi connectivity index (χ3v) is 2.68. The first kappa shape index (κ1) is 12.8. The predicted molar refractivity (Wildman–Crippen MR) is 71.8 cm³/mol. The zero-order chi connectivity index (χ0) is 13.8. The molecule has 0 bridgehead atoms. The van der Waals surface area contributed by atoms with Gasteiger partial charge >= 0.3 is 0 Å². The van der Waals surface area contributed by atoms with Gasteiger partial charge in [0.25, 0.3) is 0 Å². The second-order valence-electron chi connectivity index (χ2n) is 4.04. The van der Waals surface area contributed by atoms with Gasteiger partial charge in [-0.25, -0.2) is 0 Å². The molecule has 2 aromatic rings. The van der Waals surface area contributed by atoms with Gasteiger partial charge in [0.2, 0.25) is 5.91 Å². The molecule has 2 aromatic carbocycles. The van der Waals surface area contributed by atoms with Gasteiger partial charge in [0.1, 0.15) is 23.8 Å². The highest BCUT2D eigenvalue weighted by Crippen LogP contribution is 2.30. The Labute approximate surface area is 110 Å². The zero-order valence-corrected chi connectivity index (χ0v) is 10.2. The number of primary amides is 1. The summed E-state index contributed by atoms with van der Waals surface area (Å²) in [5.41, 5.74) is 12.3. The molecule has 0 unspecified atom stereocenters. The van der Waals surface area contributed by atoms with Crippen molar-refractivity contribution >= 4 is 11.6 Å². The van der Waals surface area contributed by atoms with Gasteiger partial charge in [-0.2, -0.15) is 0 Å². The van der Waals surface area contributed by atoms with Gasteiger partial charge in [-0.3, -0.25) is 4.79 Å². The molecule has 19 heavy (non-hydrogen) atoms. The van der Waals surface area contributed by atoms with Gasteiger partial charge < -0.3 is 21.3 Å². The van der Waals surface area contributed by atoms with Crippen molar-refractivity contribution in [2.75, 3.05) is 5.73 Å². The van der Waals surface area contributed by atoms with Gasteiger partial charge in [0, 0.05) is 5.56 Å². The van der Waals surface area contributed by atoms with E-state index in [9.17, 15) is 9.90 Å². The number of aromatic hydroxyl groups is 1. The molecule has 0 radical (unpaired) electrons. The summed E-state index contributed by atoms with van der Waals surface area (Å²) in [7, 11) is 0. The van der Waals surface area contributed by atoms with Crippen LogP contribution in [0.25, 0.3) is 0 Å². The third-order valence-electron chi connectivity index (χ3n) is 2.68. The molecule has 0 aliphatic carbocycles. The van der Waals surface area contributed by atoms with Crippen molar-refractivity contribution in [2.24, 2.45) is 5.73 Å². The van der Waals surface area contributed by atoms with Gasteiger partial charge in [-0.1, -0.05) is 18.2 Å². The summed E-state index contributed by atoms with van der Waals surface area (Å²) in [6.07, 6.45) is 0. The minimum absolute atomic E-state index is 0.0124. The molecule has 0 saturated carbocycles. The van der Waals surface area contributed by atoms with Crippen LogP contribution in [-0.2, 0) is 6.61 Å². The van der Waals surface area contributed by atoms with E-state index in [4.69, 9.17) is 16.2 Å². The minimum Gasteiger partial charge on any atom is -0.506 e. The van der Waals surface area contributed by atoms with Crippen LogP contribution in [0.1, 0.15) is 15.9 Å². The Morgan fingerprint density at radius 1 is 1.16 bits per heavy atom. The Kier molecular flexibility index (Phi) is 3.56. The van der Waals surface area contributed by atoms with Gasteiger partial charge in [0.15, 0.2) is 0 Å². The van der Waals surface area contributed by atoms with Crippen LogP contribution in [0.2, 0.25) is 0 Å². The van der Waals surface area contributed by atoms with Crippen molar-refractivity contribution in [2.45, 2.75) is 6.61 Å². The van der Waals surface area contributed by atoms with E-state index in [1.54, 1.807) is 36.4 Å². The van der Waals surface area contributed by atoms with Crippen LogP contribution in [0.5, 0.6) is 11.5 Å². The normalized spacial score (nSPS) is 10.1. The first-order valence-corrected chi connectivity index (χ1v) is 5.67. The van der Waals surface area contributed by atoms with Crippen molar-refractivity contribution in [3.8, 4) is 11.5 Å². The second-order valence-corrected chi connectivity index (χ2v) is 4.04. The van der Waals surface area contributed by atoms with Gasteiger partial charge in [0.05, 0.1) is 0 Å². The summed E-state index contributed by atoms with van der Waals surface area (Å²) >= 11 is 0. The number of nitrogen functional groups attached to an aromatic ring is 1. The molecule has 0 aliphatic heterocycles. The number of ether oxygens (including phenoxy) is 1. The summed E-state index contributed by atoms with van der Waals surface area (Å²) < 4.78 is 5.50. The van der Waals surface area contributed by atoms with Crippen molar-refractivity contribution in [3.63, 3.8) is 0 Å². The van der Waals surface area contributed by atoms with Crippen LogP contribution in [0.15, 0.2) is 42.5 Å². The number of para-hydroxylation sites is 1. The van der Waals surface area contributed by atoms with Crippen LogP contribution in [0.3, 0.4) is 0 Å². The molecule has 0 fully saturated rings. The molecule has 0 atom stereocenters. The molecule has 2 rings (SSSR count). The maximum atomic E-state index is 10.9. The summed E-state index contributed by atoms with van der Waals surface area (Å²) in [4.78, 5) is 10.9. The lowest BCUT2D eigenvalue weighted by Crippen LogP contribution is -2.10. The van der Waals surface area contributed by atoms with E-state index in [1.165, 1.54) is 6.07 Å². The van der Waals surface area contributed by atoms with E-state index in [0.29, 0.717) is 11.3 Å². The molecule has 0 heterocycles. The highest BCUT2D eigenvalue weighted by atomic mass is 16.5. The average Bonchev–Trinajstić information content (AvgIpc) is 2.41. The molecule has 5 nitrogen and oxygen atoms in total. The highest BCUT2D eigenvalue weighted by Gasteiger charge is 2.05. The third kappa shape index (κ3) is 2.95. The Morgan fingerprint density at radius 2 is 1.84 bits per heavy atom. The number of anilines is 1. The average molecular weight is 258 g/mol. The molecule has 5 N–H and O–H groups in total. The largest absolute Gasteiger partial charge is 0.506 e. The van der Waals surface area contributed by atoms with Crippen LogP contribution < -0.4 is 16.2 Å². The Hall–Kier alpha value is -2.69. The second kappa shape index (κ2) is 5.30. The van der Waals surface area contributed by atoms with Crippen LogP contribution >= 0.6 is 0 Å². The highest BCUT2D eigenvalue weighted by molar-refractivity contribution is 5.92. The smallest absolute Gasteiger partial charge is 0.248 e. The lowest BCUT2D eigenvalue weighted by Gasteiger charge is -2.10. The van der Waals surface area contributed by atoms with Crippen LogP contribution in [0.4, 0.5) is 5.69 Å². The van der Waals surface area contributed by atoms with Crippen LogP contribution in [-0.4, -0.2) is 11.0 Å². The number of phenols is 1. The molecule has 5 heteroatoms. The van der Waals surface area contributed by atoms with E-state index in [2.05, 4.69) is 0 Å². The van der Waals surface area contributed by atoms with Gasteiger partial charge in [-0.15, -0.1) is 0 Å². The molecule has 0 aliphatic rings. The lowest BCUT2D eigenvalue weighted by atomic mass is 10.1. The first-order chi connectivity index (χ1) is 9.08. The molecular formula is C14H14N2O3. The van der Waals surface area contributed by atoms with Crippen molar-refractivity contribution in [1.29, 1.82) is 0 Å².